The maximum Gasteiger partial charge on any atom is 0.268 e. The first-order valence-electron chi connectivity index (χ1n) is 9.38. The maximum atomic E-state index is 12.6. The number of halogens is 2. The SMILES string of the molecule is COCCNC(=O)/C(=C\c1ccc(-c2ccc(Cl)cc2Cl)o1)NC(=O)c1ccccc1. The third-order valence-electron chi connectivity index (χ3n) is 4.23. The molecule has 0 spiro atoms. The summed E-state index contributed by atoms with van der Waals surface area (Å²) in [6, 6.07) is 17.1. The third kappa shape index (κ3) is 6.21. The van der Waals surface area contributed by atoms with Crippen molar-refractivity contribution in [1.29, 1.82) is 0 Å². The van der Waals surface area contributed by atoms with Gasteiger partial charge in [-0.3, -0.25) is 9.59 Å². The summed E-state index contributed by atoms with van der Waals surface area (Å²) in [6.07, 6.45) is 1.45. The molecular weight excluding hydrogens is 439 g/mol. The van der Waals surface area contributed by atoms with Crippen LogP contribution in [0.15, 0.2) is 70.8 Å². The molecule has 6 nitrogen and oxygen atoms in total. The van der Waals surface area contributed by atoms with Gasteiger partial charge >= 0.3 is 0 Å². The molecule has 0 saturated carbocycles. The summed E-state index contributed by atoms with van der Waals surface area (Å²) >= 11 is 12.2. The molecule has 8 heteroatoms. The summed E-state index contributed by atoms with van der Waals surface area (Å²) < 4.78 is 10.8. The highest BCUT2D eigenvalue weighted by Gasteiger charge is 2.16. The van der Waals surface area contributed by atoms with Gasteiger partial charge in [0.05, 0.1) is 11.6 Å². The lowest BCUT2D eigenvalue weighted by atomic mass is 10.2. The number of rotatable bonds is 8. The lowest BCUT2D eigenvalue weighted by molar-refractivity contribution is -0.117. The van der Waals surface area contributed by atoms with Crippen LogP contribution in [-0.2, 0) is 9.53 Å². The van der Waals surface area contributed by atoms with E-state index in [0.717, 1.165) is 0 Å². The molecule has 2 aromatic carbocycles. The highest BCUT2D eigenvalue weighted by atomic mass is 35.5. The van der Waals surface area contributed by atoms with Crippen LogP contribution in [0.4, 0.5) is 0 Å². The van der Waals surface area contributed by atoms with Gasteiger partial charge < -0.3 is 19.8 Å². The second-order valence-electron chi connectivity index (χ2n) is 6.45. The second-order valence-corrected chi connectivity index (χ2v) is 7.30. The number of benzene rings is 2. The van der Waals surface area contributed by atoms with Crippen LogP contribution < -0.4 is 10.6 Å². The van der Waals surface area contributed by atoms with Gasteiger partial charge in [-0.05, 0) is 42.5 Å². The molecule has 0 atom stereocenters. The molecule has 0 unspecified atom stereocenters. The number of hydrogen-bond acceptors (Lipinski definition) is 4. The molecule has 0 saturated heterocycles. The molecule has 0 bridgehead atoms. The molecule has 0 aliphatic heterocycles. The average Bonchev–Trinajstić information content (AvgIpc) is 3.22. The molecule has 0 aliphatic carbocycles. The van der Waals surface area contributed by atoms with E-state index in [0.29, 0.717) is 39.3 Å². The van der Waals surface area contributed by atoms with Crippen molar-refractivity contribution >= 4 is 41.1 Å². The molecule has 3 aromatic rings. The van der Waals surface area contributed by atoms with Crippen LogP contribution in [0.5, 0.6) is 0 Å². The van der Waals surface area contributed by atoms with E-state index in [9.17, 15) is 9.59 Å². The predicted molar refractivity (Wildman–Crippen MR) is 121 cm³/mol. The molecule has 3 rings (SSSR count). The smallest absolute Gasteiger partial charge is 0.268 e. The minimum Gasteiger partial charge on any atom is -0.457 e. The first kappa shape index (κ1) is 22.6. The number of methoxy groups -OCH3 is 1. The Kier molecular flexibility index (Phi) is 7.89. The molecule has 0 fully saturated rings. The normalized spacial score (nSPS) is 11.3. The fourth-order valence-corrected chi connectivity index (χ4v) is 3.21. The maximum absolute atomic E-state index is 12.6. The van der Waals surface area contributed by atoms with Crippen LogP contribution in [-0.4, -0.2) is 32.1 Å². The van der Waals surface area contributed by atoms with Gasteiger partial charge in [0.25, 0.3) is 11.8 Å². The molecule has 1 heterocycles. The molecule has 31 heavy (non-hydrogen) atoms. The third-order valence-corrected chi connectivity index (χ3v) is 4.78. The Morgan fingerprint density at radius 1 is 1.06 bits per heavy atom. The lowest BCUT2D eigenvalue weighted by Crippen LogP contribution is -2.36. The first-order chi connectivity index (χ1) is 15.0. The summed E-state index contributed by atoms with van der Waals surface area (Å²) in [5, 5.41) is 6.28. The zero-order chi connectivity index (χ0) is 22.2. The van der Waals surface area contributed by atoms with Gasteiger partial charge in [0, 0.05) is 35.9 Å². The molecule has 0 radical (unpaired) electrons. The molecule has 1 aromatic heterocycles. The van der Waals surface area contributed by atoms with Crippen LogP contribution >= 0.6 is 23.2 Å². The van der Waals surface area contributed by atoms with Gasteiger partial charge in [-0.15, -0.1) is 0 Å². The van der Waals surface area contributed by atoms with Crippen molar-refractivity contribution in [3.63, 3.8) is 0 Å². The Balaban J connectivity index is 1.86. The lowest BCUT2D eigenvalue weighted by Gasteiger charge is -2.10. The van der Waals surface area contributed by atoms with Gasteiger partial charge in [-0.25, -0.2) is 0 Å². The minimum atomic E-state index is -0.469. The van der Waals surface area contributed by atoms with E-state index in [-0.39, 0.29) is 12.2 Å². The minimum absolute atomic E-state index is 0.0352. The number of nitrogens with one attached hydrogen (secondary N) is 2. The van der Waals surface area contributed by atoms with E-state index in [1.54, 1.807) is 60.7 Å². The van der Waals surface area contributed by atoms with E-state index in [2.05, 4.69) is 10.6 Å². The zero-order valence-corrected chi connectivity index (χ0v) is 18.2. The van der Waals surface area contributed by atoms with Crippen molar-refractivity contribution < 1.29 is 18.7 Å². The number of hydrogen-bond donors (Lipinski definition) is 2. The monoisotopic (exact) mass is 458 g/mol. The quantitative estimate of drug-likeness (QED) is 0.375. The van der Waals surface area contributed by atoms with Crippen molar-refractivity contribution in [3.05, 3.63) is 87.7 Å². The van der Waals surface area contributed by atoms with Gasteiger partial charge in [-0.2, -0.15) is 0 Å². The fraction of sp³-hybridized carbons (Fsp3) is 0.130. The van der Waals surface area contributed by atoms with Gasteiger partial charge in [0.15, 0.2) is 0 Å². The first-order valence-corrected chi connectivity index (χ1v) is 10.1. The zero-order valence-electron chi connectivity index (χ0n) is 16.7. The van der Waals surface area contributed by atoms with Crippen molar-refractivity contribution in [2.24, 2.45) is 0 Å². The number of carbonyl (C=O) groups is 2. The Hall–Kier alpha value is -3.06. The molecule has 2 N–H and O–H groups in total. The van der Waals surface area contributed by atoms with Crippen LogP contribution in [0.2, 0.25) is 10.0 Å². The summed E-state index contributed by atoms with van der Waals surface area (Å²) in [7, 11) is 1.53. The fourth-order valence-electron chi connectivity index (χ4n) is 2.71. The van der Waals surface area contributed by atoms with Gasteiger partial charge in [-0.1, -0.05) is 41.4 Å². The number of amides is 2. The summed E-state index contributed by atoms with van der Waals surface area (Å²) in [5.41, 5.74) is 1.12. The van der Waals surface area contributed by atoms with Gasteiger partial charge in [0.2, 0.25) is 0 Å². The largest absolute Gasteiger partial charge is 0.457 e. The Morgan fingerprint density at radius 3 is 2.55 bits per heavy atom. The Labute approximate surface area is 189 Å². The predicted octanol–water partition coefficient (Wildman–Crippen LogP) is 4.79. The van der Waals surface area contributed by atoms with Crippen molar-refractivity contribution in [2.75, 3.05) is 20.3 Å². The van der Waals surface area contributed by atoms with E-state index >= 15 is 0 Å². The molecule has 2 amide bonds. The number of furan rings is 1. The van der Waals surface area contributed by atoms with Gasteiger partial charge in [0.1, 0.15) is 17.2 Å². The van der Waals surface area contributed by atoms with Crippen molar-refractivity contribution in [1.82, 2.24) is 10.6 Å². The summed E-state index contributed by atoms with van der Waals surface area (Å²) in [5.74, 6) is -0.0159. The second kappa shape index (κ2) is 10.8. The van der Waals surface area contributed by atoms with Crippen molar-refractivity contribution in [2.45, 2.75) is 0 Å². The standard InChI is InChI=1S/C23H20Cl2N2O4/c1-30-12-11-26-23(29)20(27-22(28)15-5-3-2-4-6-15)14-17-8-10-21(31-17)18-9-7-16(24)13-19(18)25/h2-10,13-14H,11-12H2,1H3,(H,26,29)(H,27,28)/b20-14+. The highest BCUT2D eigenvalue weighted by molar-refractivity contribution is 6.36. The van der Waals surface area contributed by atoms with E-state index < -0.39 is 11.8 Å². The summed E-state index contributed by atoms with van der Waals surface area (Å²) in [6.45, 7) is 0.628. The van der Waals surface area contributed by atoms with Crippen LogP contribution in [0.1, 0.15) is 16.1 Å². The van der Waals surface area contributed by atoms with E-state index in [1.807, 2.05) is 0 Å². The summed E-state index contributed by atoms with van der Waals surface area (Å²) in [4.78, 5) is 25.2. The van der Waals surface area contributed by atoms with Crippen LogP contribution in [0, 0.1) is 0 Å². The Bertz CT molecular complexity index is 1090. The molecular formula is C23H20Cl2N2O4. The van der Waals surface area contributed by atoms with Crippen LogP contribution in [0.3, 0.4) is 0 Å². The number of carbonyl (C=O) groups excluding carboxylic acids is 2. The van der Waals surface area contributed by atoms with Crippen LogP contribution in [0.25, 0.3) is 17.4 Å². The average molecular weight is 459 g/mol. The highest BCUT2D eigenvalue weighted by Crippen LogP contribution is 2.31. The van der Waals surface area contributed by atoms with E-state index in [4.69, 9.17) is 32.4 Å². The van der Waals surface area contributed by atoms with E-state index in [1.165, 1.54) is 13.2 Å². The topological polar surface area (TPSA) is 80.6 Å². The molecule has 0 aliphatic rings. The van der Waals surface area contributed by atoms with Crippen molar-refractivity contribution in [3.8, 4) is 11.3 Å². The Morgan fingerprint density at radius 2 is 1.84 bits per heavy atom. The number of ether oxygens (including phenoxy) is 1. The molecule has 160 valence electrons.